The molecule has 2 aliphatic rings. The zero-order chi connectivity index (χ0) is 24.7. The molecule has 0 bridgehead atoms. The summed E-state index contributed by atoms with van der Waals surface area (Å²) in [5.41, 5.74) is 10.6. The number of likely N-dealkylation sites (tertiary alicyclic amines) is 2. The molecule has 2 rings (SSSR count). The third kappa shape index (κ3) is 9.89. The lowest BCUT2D eigenvalue weighted by Gasteiger charge is -2.38. The van der Waals surface area contributed by atoms with Crippen molar-refractivity contribution in [2.24, 2.45) is 11.5 Å². The highest BCUT2D eigenvalue weighted by atomic mass is 16.6. The number of carbonyl (C=O) groups excluding carboxylic acids is 2. The van der Waals surface area contributed by atoms with Crippen LogP contribution < -0.4 is 11.5 Å². The predicted molar refractivity (Wildman–Crippen MR) is 122 cm³/mol. The first-order valence-corrected chi connectivity index (χ1v) is 11.4. The molecule has 0 unspecified atom stereocenters. The van der Waals surface area contributed by atoms with Gasteiger partial charge in [-0.1, -0.05) is 0 Å². The van der Waals surface area contributed by atoms with Crippen molar-refractivity contribution in [3.05, 3.63) is 0 Å². The van der Waals surface area contributed by atoms with Gasteiger partial charge in [0.25, 0.3) is 0 Å². The van der Waals surface area contributed by atoms with E-state index in [1.165, 1.54) is 0 Å². The van der Waals surface area contributed by atoms with E-state index in [9.17, 15) is 19.8 Å². The number of carbonyl (C=O) groups is 2. The van der Waals surface area contributed by atoms with Crippen molar-refractivity contribution < 1.29 is 29.3 Å². The molecular formula is C22H44N4O6. The fourth-order valence-corrected chi connectivity index (χ4v) is 3.63. The van der Waals surface area contributed by atoms with Crippen molar-refractivity contribution in [2.75, 3.05) is 26.3 Å². The molecule has 10 heteroatoms. The van der Waals surface area contributed by atoms with Crippen LogP contribution in [0.25, 0.3) is 0 Å². The Morgan fingerprint density at radius 2 is 1.09 bits per heavy atom. The summed E-state index contributed by atoms with van der Waals surface area (Å²) in [4.78, 5) is 26.8. The molecule has 0 radical (unpaired) electrons. The van der Waals surface area contributed by atoms with Gasteiger partial charge in [0.15, 0.2) is 0 Å². The van der Waals surface area contributed by atoms with Crippen LogP contribution in [0, 0.1) is 0 Å². The number of amides is 2. The van der Waals surface area contributed by atoms with Gasteiger partial charge in [-0.25, -0.2) is 9.59 Å². The number of hydrogen-bond acceptors (Lipinski definition) is 8. The van der Waals surface area contributed by atoms with Crippen molar-refractivity contribution in [3.63, 3.8) is 0 Å². The molecule has 32 heavy (non-hydrogen) atoms. The molecule has 0 spiro atoms. The first-order valence-electron chi connectivity index (χ1n) is 11.4. The molecule has 2 saturated heterocycles. The average molecular weight is 461 g/mol. The number of aliphatic hydroxyl groups is 2. The highest BCUT2D eigenvalue weighted by molar-refractivity contribution is 5.69. The number of ether oxygens (including phenoxy) is 2. The van der Waals surface area contributed by atoms with Gasteiger partial charge in [-0.15, -0.1) is 0 Å². The fourth-order valence-electron chi connectivity index (χ4n) is 3.63. The van der Waals surface area contributed by atoms with Crippen molar-refractivity contribution in [2.45, 2.75) is 103 Å². The Balaban J connectivity index is 0.000000320. The van der Waals surface area contributed by atoms with Crippen molar-refractivity contribution in [3.8, 4) is 0 Å². The van der Waals surface area contributed by atoms with E-state index in [1.54, 1.807) is 9.80 Å². The quantitative estimate of drug-likeness (QED) is 0.483. The largest absolute Gasteiger partial charge is 0.444 e. The number of aliphatic hydroxyl groups excluding tert-OH is 2. The Morgan fingerprint density at radius 3 is 1.34 bits per heavy atom. The van der Waals surface area contributed by atoms with Crippen LogP contribution in [-0.2, 0) is 9.47 Å². The highest BCUT2D eigenvalue weighted by Gasteiger charge is 2.33. The second-order valence-corrected chi connectivity index (χ2v) is 10.6. The summed E-state index contributed by atoms with van der Waals surface area (Å²) < 4.78 is 10.6. The molecule has 188 valence electrons. The van der Waals surface area contributed by atoms with E-state index in [0.717, 1.165) is 12.8 Å². The molecular weight excluding hydrogens is 416 g/mol. The summed E-state index contributed by atoms with van der Waals surface area (Å²) in [6, 6.07) is -0.288. The number of piperidine rings is 2. The molecule has 2 heterocycles. The van der Waals surface area contributed by atoms with Crippen LogP contribution in [0.4, 0.5) is 9.59 Å². The van der Waals surface area contributed by atoms with Crippen LogP contribution in [-0.4, -0.2) is 93.9 Å². The molecule has 2 aliphatic heterocycles. The van der Waals surface area contributed by atoms with E-state index in [1.807, 2.05) is 41.5 Å². The maximum atomic E-state index is 11.8. The first kappa shape index (κ1) is 28.4. The van der Waals surface area contributed by atoms with Crippen molar-refractivity contribution in [1.82, 2.24) is 9.80 Å². The van der Waals surface area contributed by atoms with Crippen LogP contribution in [0.3, 0.4) is 0 Å². The lowest BCUT2D eigenvalue weighted by molar-refractivity contribution is -0.000874. The average Bonchev–Trinajstić information content (AvgIpc) is 2.65. The van der Waals surface area contributed by atoms with Gasteiger partial charge in [0.2, 0.25) is 0 Å². The highest BCUT2D eigenvalue weighted by Crippen LogP contribution is 2.20. The van der Waals surface area contributed by atoms with Crippen LogP contribution in [0.15, 0.2) is 0 Å². The smallest absolute Gasteiger partial charge is 0.410 e. The molecule has 10 nitrogen and oxygen atoms in total. The minimum atomic E-state index is -0.503. The number of hydrogen-bond donors (Lipinski definition) is 4. The van der Waals surface area contributed by atoms with Gasteiger partial charge < -0.3 is 41.0 Å². The lowest BCUT2D eigenvalue weighted by atomic mass is 9.99. The summed E-state index contributed by atoms with van der Waals surface area (Å²) in [5.74, 6) is 0. The Bertz CT molecular complexity index is 552. The van der Waals surface area contributed by atoms with Gasteiger partial charge in [0.05, 0.1) is 25.3 Å². The van der Waals surface area contributed by atoms with E-state index >= 15 is 0 Å². The third-order valence-corrected chi connectivity index (χ3v) is 5.19. The molecule has 2 amide bonds. The summed E-state index contributed by atoms with van der Waals surface area (Å²) >= 11 is 0. The van der Waals surface area contributed by atoms with Crippen molar-refractivity contribution >= 4 is 12.2 Å². The topological polar surface area (TPSA) is 152 Å². The zero-order valence-electron chi connectivity index (χ0n) is 20.5. The molecule has 0 aromatic rings. The molecule has 0 aliphatic carbocycles. The first-order chi connectivity index (χ1) is 14.7. The van der Waals surface area contributed by atoms with Gasteiger partial charge in [-0.2, -0.15) is 0 Å². The molecule has 0 saturated carbocycles. The SMILES string of the molecule is CC(C)(C)OC(=O)N1CC[C@@H](N)C[C@@H]1CO.CC(C)(C)OC(=O)N1CC[C@H](N)C[C@H]1CO. The van der Waals surface area contributed by atoms with Gasteiger partial charge in [-0.05, 0) is 67.2 Å². The summed E-state index contributed by atoms with van der Waals surface area (Å²) in [6.45, 7) is 12.0. The Labute approximate surface area is 192 Å². The molecule has 2 fully saturated rings. The summed E-state index contributed by atoms with van der Waals surface area (Å²) in [7, 11) is 0. The van der Waals surface area contributed by atoms with Crippen LogP contribution in [0.5, 0.6) is 0 Å². The zero-order valence-corrected chi connectivity index (χ0v) is 20.5. The van der Waals surface area contributed by atoms with Gasteiger partial charge in [0.1, 0.15) is 11.2 Å². The maximum absolute atomic E-state index is 11.8. The Kier molecular flexibility index (Phi) is 10.7. The van der Waals surface area contributed by atoms with E-state index in [4.69, 9.17) is 20.9 Å². The molecule has 0 aromatic heterocycles. The van der Waals surface area contributed by atoms with Crippen LogP contribution in [0.1, 0.15) is 67.2 Å². The molecule has 6 N–H and O–H groups in total. The molecule has 4 atom stereocenters. The standard InChI is InChI=1S/2C11H22N2O3/c2*1-11(2,3)16-10(15)13-5-4-8(12)6-9(13)7-14/h2*8-9,14H,4-7,12H2,1-3H3/t2*8-,9-/m10/s1. The maximum Gasteiger partial charge on any atom is 0.410 e. The Hall–Kier alpha value is -1.62. The fraction of sp³-hybridized carbons (Fsp3) is 0.909. The Morgan fingerprint density at radius 1 is 0.781 bits per heavy atom. The summed E-state index contributed by atoms with van der Waals surface area (Å²) in [5, 5.41) is 18.4. The second kappa shape index (κ2) is 12.0. The van der Waals surface area contributed by atoms with Gasteiger partial charge in [0, 0.05) is 25.2 Å². The number of nitrogens with two attached hydrogens (primary N) is 2. The third-order valence-electron chi connectivity index (χ3n) is 5.19. The van der Waals surface area contributed by atoms with Crippen molar-refractivity contribution in [1.29, 1.82) is 0 Å². The van der Waals surface area contributed by atoms with Gasteiger partial charge in [-0.3, -0.25) is 0 Å². The minimum absolute atomic E-state index is 0.0626. The van der Waals surface area contributed by atoms with E-state index in [2.05, 4.69) is 0 Å². The number of rotatable bonds is 2. The van der Waals surface area contributed by atoms with Crippen LogP contribution in [0.2, 0.25) is 0 Å². The number of nitrogens with zero attached hydrogens (tertiary/aromatic N) is 2. The normalized spacial score (nSPS) is 26.7. The lowest BCUT2D eigenvalue weighted by Crippen LogP contribution is -2.52. The van der Waals surface area contributed by atoms with E-state index in [0.29, 0.717) is 25.9 Å². The summed E-state index contributed by atoms with van der Waals surface area (Å²) in [6.07, 6.45) is 2.06. The molecule has 0 aromatic carbocycles. The monoisotopic (exact) mass is 460 g/mol. The second-order valence-electron chi connectivity index (χ2n) is 10.6. The van der Waals surface area contributed by atoms with Gasteiger partial charge >= 0.3 is 12.2 Å². The van der Waals surface area contributed by atoms with Crippen LogP contribution >= 0.6 is 0 Å². The minimum Gasteiger partial charge on any atom is -0.444 e. The van der Waals surface area contributed by atoms with E-state index in [-0.39, 0.29) is 49.6 Å². The van der Waals surface area contributed by atoms with E-state index < -0.39 is 11.2 Å². The predicted octanol–water partition coefficient (Wildman–Crippen LogP) is 1.41.